The van der Waals surface area contributed by atoms with Gasteiger partial charge in [0.1, 0.15) is 0 Å². The fraction of sp³-hybridized carbons (Fsp3) is 0.375. The minimum absolute atomic E-state index is 0.0948. The molecule has 0 aromatic carbocycles. The van der Waals surface area contributed by atoms with E-state index in [1.807, 2.05) is 0 Å². The van der Waals surface area contributed by atoms with Crippen LogP contribution >= 0.6 is 27.5 Å². The third-order valence-electron chi connectivity index (χ3n) is 1.44. The molecule has 0 amide bonds. The maximum atomic E-state index is 11.5. The van der Waals surface area contributed by atoms with Crippen LogP contribution in [0, 0.1) is 0 Å². The first kappa shape index (κ1) is 13.7. The van der Waals surface area contributed by atoms with E-state index >= 15 is 0 Å². The van der Waals surface area contributed by atoms with Crippen LogP contribution in [0.15, 0.2) is 16.7 Å². The Labute approximate surface area is 108 Å². The molecule has 0 saturated carbocycles. The van der Waals surface area contributed by atoms with Crippen LogP contribution in [0.5, 0.6) is 0 Å². The number of nitrogens with zero attached hydrogens (tertiary/aromatic N) is 1. The lowest BCUT2D eigenvalue weighted by molar-refractivity contribution is 0.575. The molecule has 1 heterocycles. The fourth-order valence-electron chi connectivity index (χ4n) is 0.979. The van der Waals surface area contributed by atoms with E-state index in [2.05, 4.69) is 30.4 Å². The van der Waals surface area contributed by atoms with Crippen LogP contribution in [-0.2, 0) is 10.2 Å². The summed E-state index contributed by atoms with van der Waals surface area (Å²) in [6, 6.07) is 1.34. The molecule has 90 valence electrons. The van der Waals surface area contributed by atoms with Gasteiger partial charge in [0.25, 0.3) is 10.2 Å². The van der Waals surface area contributed by atoms with E-state index < -0.39 is 10.2 Å². The molecule has 0 bridgehead atoms. The Balaban J connectivity index is 2.92. The van der Waals surface area contributed by atoms with Crippen LogP contribution in [-0.4, -0.2) is 19.4 Å². The molecule has 16 heavy (non-hydrogen) atoms. The minimum atomic E-state index is -3.62. The van der Waals surface area contributed by atoms with Gasteiger partial charge in [-0.3, -0.25) is 4.72 Å². The Morgan fingerprint density at radius 3 is 2.69 bits per heavy atom. The van der Waals surface area contributed by atoms with Gasteiger partial charge in [-0.05, 0) is 35.8 Å². The second-order valence-electron chi connectivity index (χ2n) is 3.37. The molecule has 1 aromatic heterocycles. The van der Waals surface area contributed by atoms with Crippen molar-refractivity contribution in [2.75, 3.05) is 4.72 Å². The molecule has 0 aliphatic rings. The lowest BCUT2D eigenvalue weighted by Crippen LogP contribution is -2.35. The fourth-order valence-corrected chi connectivity index (χ4v) is 2.64. The zero-order valence-electron chi connectivity index (χ0n) is 8.66. The number of halogens is 2. The van der Waals surface area contributed by atoms with Gasteiger partial charge in [-0.2, -0.15) is 13.1 Å². The molecular formula is C8H11BrClN3O2S. The molecule has 8 heteroatoms. The maximum absolute atomic E-state index is 11.5. The molecule has 1 aromatic rings. The number of nitrogens with one attached hydrogen (secondary N) is 2. The smallest absolute Gasteiger partial charge is 0.268 e. The minimum Gasteiger partial charge on any atom is -0.268 e. The topological polar surface area (TPSA) is 71.1 Å². The van der Waals surface area contributed by atoms with Crippen molar-refractivity contribution in [1.82, 2.24) is 9.71 Å². The Bertz CT molecular complexity index is 478. The molecule has 0 saturated heterocycles. The summed E-state index contributed by atoms with van der Waals surface area (Å²) < 4.78 is 28.4. The third-order valence-corrected chi connectivity index (χ3v) is 3.45. The number of hydrogen-bond acceptors (Lipinski definition) is 3. The monoisotopic (exact) mass is 327 g/mol. The standard InChI is InChI=1S/C8H11BrClN3O2S/c1-5(2)12-16(14,15)13-7-3-6(9)4-11-8(7)10/h3-5,12-13H,1-2H3. The second-order valence-corrected chi connectivity index (χ2v) is 6.09. The van der Waals surface area contributed by atoms with Gasteiger partial charge in [-0.1, -0.05) is 11.6 Å². The number of aromatic nitrogens is 1. The number of hydrogen-bond donors (Lipinski definition) is 2. The van der Waals surface area contributed by atoms with E-state index in [0.717, 1.165) is 0 Å². The summed E-state index contributed by atoms with van der Waals surface area (Å²) in [5.41, 5.74) is 0.226. The average Bonchev–Trinajstić information content (AvgIpc) is 2.08. The Morgan fingerprint density at radius 1 is 1.50 bits per heavy atom. The molecule has 0 unspecified atom stereocenters. The molecule has 1 rings (SSSR count). The summed E-state index contributed by atoms with van der Waals surface area (Å²) >= 11 is 8.93. The highest BCUT2D eigenvalue weighted by molar-refractivity contribution is 9.10. The van der Waals surface area contributed by atoms with Crippen LogP contribution in [0.3, 0.4) is 0 Å². The molecule has 2 N–H and O–H groups in total. The molecule has 0 spiro atoms. The van der Waals surface area contributed by atoms with Crippen molar-refractivity contribution in [1.29, 1.82) is 0 Å². The third kappa shape index (κ3) is 4.25. The number of anilines is 1. The first-order valence-electron chi connectivity index (χ1n) is 4.41. The summed E-state index contributed by atoms with van der Waals surface area (Å²) in [6.45, 7) is 3.44. The van der Waals surface area contributed by atoms with Gasteiger partial charge < -0.3 is 0 Å². The highest BCUT2D eigenvalue weighted by Crippen LogP contribution is 2.23. The largest absolute Gasteiger partial charge is 0.299 e. The molecular weight excluding hydrogens is 318 g/mol. The van der Waals surface area contributed by atoms with Crippen LogP contribution in [0.25, 0.3) is 0 Å². The van der Waals surface area contributed by atoms with Gasteiger partial charge in [0.15, 0.2) is 5.15 Å². The maximum Gasteiger partial charge on any atom is 0.299 e. The predicted octanol–water partition coefficient (Wildman–Crippen LogP) is 2.15. The van der Waals surface area contributed by atoms with E-state index in [-0.39, 0.29) is 16.9 Å². The second kappa shape index (κ2) is 5.31. The Kier molecular flexibility index (Phi) is 4.54. The lowest BCUT2D eigenvalue weighted by atomic mass is 10.4. The van der Waals surface area contributed by atoms with Gasteiger partial charge in [0.05, 0.1) is 5.69 Å². The average molecular weight is 329 g/mol. The van der Waals surface area contributed by atoms with Gasteiger partial charge >= 0.3 is 0 Å². The first-order valence-corrected chi connectivity index (χ1v) is 7.06. The Morgan fingerprint density at radius 2 is 2.12 bits per heavy atom. The van der Waals surface area contributed by atoms with Crippen molar-refractivity contribution >= 4 is 43.4 Å². The summed E-state index contributed by atoms with van der Waals surface area (Å²) in [4.78, 5) is 3.81. The van der Waals surface area contributed by atoms with Gasteiger partial charge in [-0.15, -0.1) is 0 Å². The van der Waals surface area contributed by atoms with E-state index in [9.17, 15) is 8.42 Å². The van der Waals surface area contributed by atoms with Gasteiger partial charge in [0, 0.05) is 16.7 Å². The molecule has 0 aliphatic carbocycles. The van der Waals surface area contributed by atoms with Crippen molar-refractivity contribution in [3.05, 3.63) is 21.9 Å². The van der Waals surface area contributed by atoms with Crippen molar-refractivity contribution in [2.45, 2.75) is 19.9 Å². The van der Waals surface area contributed by atoms with Crippen LogP contribution in [0.1, 0.15) is 13.8 Å². The first-order chi connectivity index (χ1) is 7.30. The number of rotatable bonds is 4. The van der Waals surface area contributed by atoms with Gasteiger partial charge in [-0.25, -0.2) is 4.98 Å². The molecule has 0 aliphatic heterocycles. The summed E-state index contributed by atoms with van der Waals surface area (Å²) in [7, 11) is -3.62. The van der Waals surface area contributed by atoms with Crippen LogP contribution in [0.2, 0.25) is 5.15 Å². The summed E-state index contributed by atoms with van der Waals surface area (Å²) in [5.74, 6) is 0. The quantitative estimate of drug-likeness (QED) is 0.832. The van der Waals surface area contributed by atoms with E-state index in [4.69, 9.17) is 11.6 Å². The predicted molar refractivity (Wildman–Crippen MR) is 67.8 cm³/mol. The molecule has 0 radical (unpaired) electrons. The zero-order chi connectivity index (χ0) is 12.3. The zero-order valence-corrected chi connectivity index (χ0v) is 11.8. The van der Waals surface area contributed by atoms with Gasteiger partial charge in [0.2, 0.25) is 0 Å². The van der Waals surface area contributed by atoms with Crippen molar-refractivity contribution < 1.29 is 8.42 Å². The normalized spacial score (nSPS) is 11.8. The summed E-state index contributed by atoms with van der Waals surface area (Å²) in [6.07, 6.45) is 1.48. The molecule has 0 atom stereocenters. The van der Waals surface area contributed by atoms with Crippen LogP contribution in [0.4, 0.5) is 5.69 Å². The van der Waals surface area contributed by atoms with Crippen molar-refractivity contribution in [2.24, 2.45) is 0 Å². The molecule has 5 nitrogen and oxygen atoms in total. The van der Waals surface area contributed by atoms with Crippen molar-refractivity contribution in [3.8, 4) is 0 Å². The highest BCUT2D eigenvalue weighted by Gasteiger charge is 2.14. The van der Waals surface area contributed by atoms with Crippen LogP contribution < -0.4 is 9.44 Å². The van der Waals surface area contributed by atoms with Crippen molar-refractivity contribution in [3.63, 3.8) is 0 Å². The number of pyridine rings is 1. The lowest BCUT2D eigenvalue weighted by Gasteiger charge is -2.12. The van der Waals surface area contributed by atoms with E-state index in [1.165, 1.54) is 12.3 Å². The SMILES string of the molecule is CC(C)NS(=O)(=O)Nc1cc(Br)cnc1Cl. The van der Waals surface area contributed by atoms with E-state index in [0.29, 0.717) is 4.47 Å². The molecule has 0 fully saturated rings. The van der Waals surface area contributed by atoms with E-state index in [1.54, 1.807) is 13.8 Å². The summed E-state index contributed by atoms with van der Waals surface area (Å²) in [5, 5.41) is 0.0948. The Hall–Kier alpha value is -0.370. The highest BCUT2D eigenvalue weighted by atomic mass is 79.9.